The molecule has 1 aliphatic carbocycles. The van der Waals surface area contributed by atoms with Crippen LogP contribution < -0.4 is 5.32 Å². The molecule has 1 saturated heterocycles. The Hall–Kier alpha value is -1.19. The van der Waals surface area contributed by atoms with E-state index in [0.717, 1.165) is 38.2 Å². The average Bonchev–Trinajstić information content (AvgIpc) is 2.66. The van der Waals surface area contributed by atoms with E-state index in [1.54, 1.807) is 0 Å². The average molecular weight is 272 g/mol. The van der Waals surface area contributed by atoms with Crippen LogP contribution >= 0.6 is 0 Å². The molecule has 1 N–H and O–H groups in total. The lowest BCUT2D eigenvalue weighted by Gasteiger charge is -2.26. The van der Waals surface area contributed by atoms with Crippen LogP contribution in [0.4, 0.5) is 0 Å². The Bertz CT molecular complexity index is 460. The molecule has 3 rings (SSSR count). The molecule has 1 saturated carbocycles. The van der Waals surface area contributed by atoms with Crippen molar-refractivity contribution in [3.8, 4) is 0 Å². The molecular weight excluding hydrogens is 248 g/mol. The van der Waals surface area contributed by atoms with Gasteiger partial charge in [-0.2, -0.15) is 0 Å². The third kappa shape index (κ3) is 3.28. The largest absolute Gasteiger partial charge is 0.315 e. The zero-order valence-electron chi connectivity index (χ0n) is 12.1. The van der Waals surface area contributed by atoms with Crippen molar-refractivity contribution in [2.24, 2.45) is 0 Å². The molecule has 0 aromatic heterocycles. The summed E-state index contributed by atoms with van der Waals surface area (Å²) in [4.78, 5) is 14.7. The first-order valence-corrected chi connectivity index (χ1v) is 7.89. The molecule has 2 aliphatic rings. The van der Waals surface area contributed by atoms with Crippen molar-refractivity contribution in [1.82, 2.24) is 10.2 Å². The molecule has 2 fully saturated rings. The zero-order chi connectivity index (χ0) is 13.8. The van der Waals surface area contributed by atoms with Crippen LogP contribution in [0.5, 0.6) is 0 Å². The van der Waals surface area contributed by atoms with Gasteiger partial charge < -0.3 is 5.32 Å². The first kappa shape index (κ1) is 13.8. The lowest BCUT2D eigenvalue weighted by Crippen LogP contribution is -2.33. The van der Waals surface area contributed by atoms with Crippen LogP contribution in [0, 0.1) is 0 Å². The van der Waals surface area contributed by atoms with Gasteiger partial charge in [0.25, 0.3) is 0 Å². The molecule has 0 radical (unpaired) electrons. The molecule has 1 aliphatic heterocycles. The Morgan fingerprint density at radius 1 is 1.20 bits per heavy atom. The molecule has 1 aromatic carbocycles. The summed E-state index contributed by atoms with van der Waals surface area (Å²) in [7, 11) is 0. The van der Waals surface area contributed by atoms with Crippen LogP contribution in [0.15, 0.2) is 24.3 Å². The third-order valence-electron chi connectivity index (χ3n) is 4.59. The van der Waals surface area contributed by atoms with E-state index in [-0.39, 0.29) is 5.78 Å². The molecule has 0 amide bonds. The van der Waals surface area contributed by atoms with Crippen molar-refractivity contribution >= 4 is 5.78 Å². The van der Waals surface area contributed by atoms with Crippen molar-refractivity contribution in [3.63, 3.8) is 0 Å². The second-order valence-corrected chi connectivity index (χ2v) is 6.06. The van der Waals surface area contributed by atoms with Gasteiger partial charge in [0.2, 0.25) is 0 Å². The van der Waals surface area contributed by atoms with Crippen molar-refractivity contribution in [2.45, 2.75) is 31.6 Å². The Morgan fingerprint density at radius 2 is 2.10 bits per heavy atom. The molecule has 1 aromatic rings. The fourth-order valence-electron chi connectivity index (χ4n) is 3.06. The topological polar surface area (TPSA) is 32.3 Å². The number of hydrogen-bond donors (Lipinski definition) is 1. The number of carbonyl (C=O) groups is 1. The lowest BCUT2D eigenvalue weighted by molar-refractivity contribution is 0.0935. The van der Waals surface area contributed by atoms with Crippen LogP contribution in [-0.4, -0.2) is 43.4 Å². The first-order chi connectivity index (χ1) is 9.83. The summed E-state index contributed by atoms with van der Waals surface area (Å²) >= 11 is 0. The zero-order valence-corrected chi connectivity index (χ0v) is 12.1. The number of nitrogens with zero attached hydrogens (tertiary/aromatic N) is 1. The fraction of sp³-hybridized carbons (Fsp3) is 0.588. The maximum absolute atomic E-state index is 12.4. The SMILES string of the molecule is O=C(CN1CCCNCC1)c1cccc(C2CCC2)c1. The van der Waals surface area contributed by atoms with Crippen LogP contribution in [-0.2, 0) is 0 Å². The van der Waals surface area contributed by atoms with Gasteiger partial charge in [-0.3, -0.25) is 9.69 Å². The van der Waals surface area contributed by atoms with Crippen LogP contribution in [0.25, 0.3) is 0 Å². The smallest absolute Gasteiger partial charge is 0.176 e. The van der Waals surface area contributed by atoms with E-state index in [1.165, 1.54) is 24.8 Å². The number of ketones is 1. The highest BCUT2D eigenvalue weighted by Gasteiger charge is 2.21. The van der Waals surface area contributed by atoms with E-state index in [2.05, 4.69) is 22.3 Å². The minimum atomic E-state index is 0.271. The monoisotopic (exact) mass is 272 g/mol. The number of rotatable bonds is 4. The predicted molar refractivity (Wildman–Crippen MR) is 81.3 cm³/mol. The van der Waals surface area contributed by atoms with Gasteiger partial charge in [-0.15, -0.1) is 0 Å². The molecule has 108 valence electrons. The standard InChI is InChI=1S/C17H24N2O/c20-17(13-19-10-3-8-18-9-11-19)16-7-2-6-15(12-16)14-4-1-5-14/h2,6-7,12,14,18H,1,3-5,8-11,13H2. The first-order valence-electron chi connectivity index (χ1n) is 7.89. The van der Waals surface area contributed by atoms with E-state index in [9.17, 15) is 4.79 Å². The molecule has 0 bridgehead atoms. The minimum absolute atomic E-state index is 0.271. The van der Waals surface area contributed by atoms with Gasteiger partial charge >= 0.3 is 0 Å². The maximum Gasteiger partial charge on any atom is 0.176 e. The molecule has 1 heterocycles. The van der Waals surface area contributed by atoms with E-state index in [4.69, 9.17) is 0 Å². The fourth-order valence-corrected chi connectivity index (χ4v) is 3.06. The summed E-state index contributed by atoms with van der Waals surface area (Å²) in [5.41, 5.74) is 2.26. The van der Waals surface area contributed by atoms with Crippen LogP contribution in [0.3, 0.4) is 0 Å². The van der Waals surface area contributed by atoms with Crippen molar-refractivity contribution in [1.29, 1.82) is 0 Å². The number of hydrogen-bond acceptors (Lipinski definition) is 3. The highest BCUT2D eigenvalue weighted by Crippen LogP contribution is 2.36. The van der Waals surface area contributed by atoms with Gasteiger partial charge in [0.1, 0.15) is 0 Å². The molecular formula is C17H24N2O. The Morgan fingerprint density at radius 3 is 2.90 bits per heavy atom. The van der Waals surface area contributed by atoms with Gasteiger partial charge in [-0.05, 0) is 49.9 Å². The lowest BCUT2D eigenvalue weighted by atomic mass is 9.79. The summed E-state index contributed by atoms with van der Waals surface area (Å²) in [5, 5.41) is 3.38. The molecule has 3 nitrogen and oxygen atoms in total. The molecule has 0 unspecified atom stereocenters. The summed E-state index contributed by atoms with van der Waals surface area (Å²) in [6, 6.07) is 8.32. The van der Waals surface area contributed by atoms with Crippen LogP contribution in [0.2, 0.25) is 0 Å². The van der Waals surface area contributed by atoms with E-state index in [1.807, 2.05) is 12.1 Å². The Labute approximate surface area is 121 Å². The number of benzene rings is 1. The van der Waals surface area contributed by atoms with E-state index >= 15 is 0 Å². The quantitative estimate of drug-likeness (QED) is 0.854. The maximum atomic E-state index is 12.4. The number of nitrogens with one attached hydrogen (secondary N) is 1. The third-order valence-corrected chi connectivity index (χ3v) is 4.59. The highest BCUT2D eigenvalue weighted by molar-refractivity contribution is 5.97. The molecule has 3 heteroatoms. The summed E-state index contributed by atoms with van der Waals surface area (Å²) in [5.74, 6) is 0.971. The van der Waals surface area contributed by atoms with E-state index < -0.39 is 0 Å². The predicted octanol–water partition coefficient (Wildman–Crippen LogP) is 2.43. The van der Waals surface area contributed by atoms with Gasteiger partial charge in [0.15, 0.2) is 5.78 Å². The van der Waals surface area contributed by atoms with Gasteiger partial charge in [0.05, 0.1) is 6.54 Å². The van der Waals surface area contributed by atoms with Gasteiger partial charge in [-0.25, -0.2) is 0 Å². The summed E-state index contributed by atoms with van der Waals surface area (Å²) < 4.78 is 0. The Kier molecular flexibility index (Phi) is 4.48. The van der Waals surface area contributed by atoms with E-state index in [0.29, 0.717) is 12.5 Å². The number of Topliss-reactive ketones (excluding diaryl/α,β-unsaturated/α-hetero) is 1. The summed E-state index contributed by atoms with van der Waals surface area (Å²) in [6.45, 7) is 4.64. The van der Waals surface area contributed by atoms with Gasteiger partial charge in [-0.1, -0.05) is 24.6 Å². The normalized spacial score (nSPS) is 21.2. The molecule has 0 atom stereocenters. The second-order valence-electron chi connectivity index (χ2n) is 6.06. The van der Waals surface area contributed by atoms with Crippen molar-refractivity contribution < 1.29 is 4.79 Å². The Balaban J connectivity index is 1.63. The number of carbonyl (C=O) groups excluding carboxylic acids is 1. The van der Waals surface area contributed by atoms with Gasteiger partial charge in [0, 0.05) is 18.7 Å². The summed E-state index contributed by atoms with van der Waals surface area (Å²) in [6.07, 6.45) is 5.05. The van der Waals surface area contributed by atoms with Crippen LogP contribution in [0.1, 0.15) is 47.5 Å². The highest BCUT2D eigenvalue weighted by atomic mass is 16.1. The van der Waals surface area contributed by atoms with Crippen molar-refractivity contribution in [2.75, 3.05) is 32.7 Å². The van der Waals surface area contributed by atoms with Crippen molar-refractivity contribution in [3.05, 3.63) is 35.4 Å². The minimum Gasteiger partial charge on any atom is -0.315 e. The molecule has 20 heavy (non-hydrogen) atoms. The second kappa shape index (κ2) is 6.51. The molecule has 0 spiro atoms.